The van der Waals surface area contributed by atoms with Crippen LogP contribution in [-0.4, -0.2) is 37.9 Å². The van der Waals surface area contributed by atoms with E-state index in [1.165, 1.54) is 11.8 Å². The largest absolute Gasteiger partial charge is 0.329 e. The Morgan fingerprint density at radius 2 is 2.29 bits per heavy atom. The normalized spacial score (nSPS) is 18.0. The first-order valence-corrected chi connectivity index (χ1v) is 7.67. The van der Waals surface area contributed by atoms with Gasteiger partial charge in [0.15, 0.2) is 0 Å². The predicted octanol–water partition coefficient (Wildman–Crippen LogP) is 0.677. The molecule has 21 heavy (non-hydrogen) atoms. The molecule has 0 bridgehead atoms. The summed E-state index contributed by atoms with van der Waals surface area (Å²) in [4.78, 5) is 12.3. The molecule has 0 aliphatic carbocycles. The molecule has 1 aliphatic rings. The van der Waals surface area contributed by atoms with E-state index in [2.05, 4.69) is 20.8 Å². The second-order valence-electron chi connectivity index (χ2n) is 4.76. The zero-order chi connectivity index (χ0) is 14.7. The molecule has 2 aromatic rings. The average Bonchev–Trinajstić information content (AvgIpc) is 2.85. The number of nitrogens with one attached hydrogen (secondary N) is 1. The van der Waals surface area contributed by atoms with E-state index in [9.17, 15) is 4.79 Å². The van der Waals surface area contributed by atoms with E-state index in [0.29, 0.717) is 18.2 Å². The Hall–Kier alpha value is -1.93. The molecule has 1 aromatic heterocycles. The quantitative estimate of drug-likeness (QED) is 0.861. The molecule has 1 aromatic carbocycles. The van der Waals surface area contributed by atoms with Crippen molar-refractivity contribution in [3.05, 3.63) is 29.8 Å². The third-order valence-corrected chi connectivity index (χ3v) is 4.57. The van der Waals surface area contributed by atoms with Crippen LogP contribution in [0.1, 0.15) is 12.0 Å². The van der Waals surface area contributed by atoms with Crippen LogP contribution >= 0.6 is 11.8 Å². The number of hydrogen-bond acceptors (Lipinski definition) is 6. The number of rotatable bonds is 4. The fourth-order valence-corrected chi connectivity index (χ4v) is 3.26. The maximum Gasteiger partial charge on any atom is 0.237 e. The highest BCUT2D eigenvalue weighted by Crippen LogP contribution is 2.30. The van der Waals surface area contributed by atoms with Crippen molar-refractivity contribution in [3.8, 4) is 0 Å². The van der Waals surface area contributed by atoms with Gasteiger partial charge in [-0.3, -0.25) is 4.79 Å². The highest BCUT2D eigenvalue weighted by Gasteiger charge is 2.26. The monoisotopic (exact) mass is 304 g/mol. The average molecular weight is 304 g/mol. The second kappa shape index (κ2) is 6.23. The molecule has 3 N–H and O–H groups in total. The van der Waals surface area contributed by atoms with Crippen molar-refractivity contribution in [2.45, 2.75) is 29.8 Å². The van der Waals surface area contributed by atoms with Crippen LogP contribution in [0.5, 0.6) is 0 Å². The fourth-order valence-electron chi connectivity index (χ4n) is 2.27. The molecule has 3 rings (SSSR count). The van der Waals surface area contributed by atoms with Gasteiger partial charge in [-0.2, -0.15) is 0 Å². The summed E-state index contributed by atoms with van der Waals surface area (Å²) in [6.45, 7) is 1.00. The Bertz CT molecular complexity index is 643. The topological polar surface area (TPSA) is 98.7 Å². The van der Waals surface area contributed by atoms with Crippen LogP contribution in [-0.2, 0) is 17.8 Å². The van der Waals surface area contributed by atoms with E-state index in [1.807, 2.05) is 24.3 Å². The van der Waals surface area contributed by atoms with E-state index in [0.717, 1.165) is 24.1 Å². The van der Waals surface area contributed by atoms with E-state index < -0.39 is 0 Å². The standard InChI is InChI=1S/C13H16N6OS/c14-7-8-19-13(16-17-18-19)21-11-6-5-9-3-1-2-4-10(9)15-12(11)20/h1-4,11H,5-8,14H2,(H,15,20). The van der Waals surface area contributed by atoms with Crippen molar-refractivity contribution in [1.29, 1.82) is 0 Å². The molecule has 1 amide bonds. The summed E-state index contributed by atoms with van der Waals surface area (Å²) in [6.07, 6.45) is 1.61. The van der Waals surface area contributed by atoms with Gasteiger partial charge in [-0.05, 0) is 34.9 Å². The molecule has 0 saturated carbocycles. The predicted molar refractivity (Wildman–Crippen MR) is 79.9 cm³/mol. The Kier molecular flexibility index (Phi) is 4.16. The van der Waals surface area contributed by atoms with Gasteiger partial charge < -0.3 is 11.1 Å². The van der Waals surface area contributed by atoms with Crippen LogP contribution in [0.25, 0.3) is 0 Å². The Morgan fingerprint density at radius 3 is 3.14 bits per heavy atom. The van der Waals surface area contributed by atoms with E-state index in [1.54, 1.807) is 4.68 Å². The number of nitrogens with zero attached hydrogens (tertiary/aromatic N) is 4. The molecule has 0 radical (unpaired) electrons. The number of tetrazole rings is 1. The molecule has 110 valence electrons. The second-order valence-corrected chi connectivity index (χ2v) is 5.93. The van der Waals surface area contributed by atoms with Gasteiger partial charge in [-0.1, -0.05) is 30.0 Å². The molecule has 1 atom stereocenters. The summed E-state index contributed by atoms with van der Waals surface area (Å²) in [6, 6.07) is 7.88. The SMILES string of the molecule is NCCn1nnnc1SC1CCc2ccccc2NC1=O. The van der Waals surface area contributed by atoms with Crippen LogP contribution in [0.3, 0.4) is 0 Å². The Balaban J connectivity index is 1.75. The summed E-state index contributed by atoms with van der Waals surface area (Å²) >= 11 is 1.39. The number of thioether (sulfide) groups is 1. The number of anilines is 1. The lowest BCUT2D eigenvalue weighted by Crippen LogP contribution is -2.24. The minimum atomic E-state index is -0.208. The lowest BCUT2D eigenvalue weighted by atomic mass is 10.1. The van der Waals surface area contributed by atoms with Gasteiger partial charge in [-0.25, -0.2) is 4.68 Å². The van der Waals surface area contributed by atoms with Crippen LogP contribution < -0.4 is 11.1 Å². The zero-order valence-electron chi connectivity index (χ0n) is 11.4. The summed E-state index contributed by atoms with van der Waals surface area (Å²) < 4.78 is 1.63. The molecule has 1 aliphatic heterocycles. The summed E-state index contributed by atoms with van der Waals surface area (Å²) in [5.41, 5.74) is 7.58. The number of fused-ring (bicyclic) bond motifs is 1. The van der Waals surface area contributed by atoms with Crippen molar-refractivity contribution in [2.75, 3.05) is 11.9 Å². The smallest absolute Gasteiger partial charge is 0.237 e. The minimum absolute atomic E-state index is 0.00718. The van der Waals surface area contributed by atoms with Crippen molar-refractivity contribution in [2.24, 2.45) is 5.73 Å². The third kappa shape index (κ3) is 3.06. The number of amides is 1. The zero-order valence-corrected chi connectivity index (χ0v) is 12.2. The maximum atomic E-state index is 12.3. The highest BCUT2D eigenvalue weighted by atomic mass is 32.2. The van der Waals surface area contributed by atoms with Crippen molar-refractivity contribution in [3.63, 3.8) is 0 Å². The summed E-state index contributed by atoms with van der Waals surface area (Å²) in [7, 11) is 0. The lowest BCUT2D eigenvalue weighted by Gasteiger charge is -2.11. The number of carbonyl (C=O) groups is 1. The fraction of sp³-hybridized carbons (Fsp3) is 0.385. The highest BCUT2D eigenvalue weighted by molar-refractivity contribution is 8.00. The lowest BCUT2D eigenvalue weighted by molar-refractivity contribution is -0.115. The van der Waals surface area contributed by atoms with Crippen LogP contribution in [0.15, 0.2) is 29.4 Å². The molecule has 0 fully saturated rings. The first-order valence-electron chi connectivity index (χ1n) is 6.79. The van der Waals surface area contributed by atoms with Gasteiger partial charge in [0.2, 0.25) is 11.1 Å². The van der Waals surface area contributed by atoms with Gasteiger partial charge >= 0.3 is 0 Å². The number of hydrogen-bond donors (Lipinski definition) is 2. The van der Waals surface area contributed by atoms with E-state index in [-0.39, 0.29) is 11.2 Å². The van der Waals surface area contributed by atoms with Crippen molar-refractivity contribution in [1.82, 2.24) is 20.2 Å². The number of para-hydroxylation sites is 1. The Morgan fingerprint density at radius 1 is 1.43 bits per heavy atom. The molecule has 7 nitrogen and oxygen atoms in total. The molecule has 0 spiro atoms. The van der Waals surface area contributed by atoms with Crippen LogP contribution in [0.4, 0.5) is 5.69 Å². The van der Waals surface area contributed by atoms with Gasteiger partial charge in [0, 0.05) is 12.2 Å². The summed E-state index contributed by atoms with van der Waals surface area (Å²) in [5.74, 6) is -0.00718. The van der Waals surface area contributed by atoms with Crippen molar-refractivity contribution >= 4 is 23.4 Å². The third-order valence-electron chi connectivity index (χ3n) is 3.33. The van der Waals surface area contributed by atoms with Gasteiger partial charge in [-0.15, -0.1) is 5.10 Å². The van der Waals surface area contributed by atoms with Crippen LogP contribution in [0, 0.1) is 0 Å². The van der Waals surface area contributed by atoms with E-state index in [4.69, 9.17) is 5.73 Å². The van der Waals surface area contributed by atoms with Gasteiger partial charge in [0.1, 0.15) is 0 Å². The summed E-state index contributed by atoms with van der Waals surface area (Å²) in [5, 5.41) is 14.9. The first kappa shape index (κ1) is 14.0. The number of aryl methyl sites for hydroxylation is 1. The number of aromatic nitrogens is 4. The maximum absolute atomic E-state index is 12.3. The molecular formula is C13H16N6OS. The van der Waals surface area contributed by atoms with E-state index >= 15 is 0 Å². The molecule has 8 heteroatoms. The molecule has 2 heterocycles. The van der Waals surface area contributed by atoms with Crippen LogP contribution in [0.2, 0.25) is 0 Å². The molecule has 0 saturated heterocycles. The van der Waals surface area contributed by atoms with Gasteiger partial charge in [0.05, 0.1) is 11.8 Å². The molecular weight excluding hydrogens is 288 g/mol. The minimum Gasteiger partial charge on any atom is -0.329 e. The number of carbonyl (C=O) groups excluding carboxylic acids is 1. The number of benzene rings is 1. The first-order chi connectivity index (χ1) is 10.3. The Labute approximate surface area is 126 Å². The van der Waals surface area contributed by atoms with Crippen molar-refractivity contribution < 1.29 is 4.79 Å². The van der Waals surface area contributed by atoms with Gasteiger partial charge in [0.25, 0.3) is 0 Å². The number of nitrogens with two attached hydrogens (primary N) is 1. The molecule has 1 unspecified atom stereocenters.